The van der Waals surface area contributed by atoms with Gasteiger partial charge in [0, 0.05) is 30.6 Å². The molecule has 4 saturated carbocycles. The summed E-state index contributed by atoms with van der Waals surface area (Å²) < 4.78 is 18.7. The van der Waals surface area contributed by atoms with Crippen LogP contribution in [0.3, 0.4) is 0 Å². The number of hydrogen-bond acceptors (Lipinski definition) is 4. The molecule has 0 amide bonds. The Morgan fingerprint density at radius 1 is 1.04 bits per heavy atom. The van der Waals surface area contributed by atoms with Crippen LogP contribution in [0.15, 0.2) is 0 Å². The summed E-state index contributed by atoms with van der Waals surface area (Å²) in [5, 5.41) is 0. The molecule has 0 unspecified atom stereocenters. The minimum Gasteiger partial charge on any atom is -0.365 e. The lowest BCUT2D eigenvalue weighted by molar-refractivity contribution is -0.234. The molecule has 2 saturated heterocycles. The van der Waals surface area contributed by atoms with Gasteiger partial charge in [0.05, 0.1) is 19.3 Å². The molecule has 0 N–H and O–H groups in total. The van der Waals surface area contributed by atoms with Gasteiger partial charge in [-0.2, -0.15) is 0 Å². The summed E-state index contributed by atoms with van der Waals surface area (Å²) in [4.78, 5) is 12.8. The molecule has 2 heterocycles. The van der Waals surface area contributed by atoms with Crippen molar-refractivity contribution in [2.24, 2.45) is 28.6 Å². The highest BCUT2D eigenvalue weighted by atomic mass is 16.7. The van der Waals surface area contributed by atoms with Gasteiger partial charge < -0.3 is 14.2 Å². The minimum atomic E-state index is -0.376. The van der Waals surface area contributed by atoms with E-state index in [0.717, 1.165) is 51.7 Å². The van der Waals surface area contributed by atoms with Crippen LogP contribution in [0.25, 0.3) is 0 Å². The number of fused-ring (bicyclic) bond motifs is 4. The van der Waals surface area contributed by atoms with Crippen LogP contribution in [-0.4, -0.2) is 36.5 Å². The van der Waals surface area contributed by atoms with Crippen LogP contribution in [-0.2, 0) is 19.0 Å². The SMILES string of the molecule is C[C@@]12CCC(=O)[C@H]1[C@@H]1C[C@@H]3O[C@@]34CCC3(C[C@]4(C)[C@H]1CC2)OCCO3. The van der Waals surface area contributed by atoms with Gasteiger partial charge in [-0.1, -0.05) is 13.8 Å². The zero-order valence-corrected chi connectivity index (χ0v) is 15.5. The van der Waals surface area contributed by atoms with Gasteiger partial charge in [-0.05, 0) is 49.4 Å². The van der Waals surface area contributed by atoms with Crippen LogP contribution in [0.4, 0.5) is 0 Å². The van der Waals surface area contributed by atoms with E-state index in [1.807, 2.05) is 0 Å². The van der Waals surface area contributed by atoms with Gasteiger partial charge in [-0.3, -0.25) is 4.79 Å². The van der Waals surface area contributed by atoms with Crippen molar-refractivity contribution in [2.45, 2.75) is 82.7 Å². The molecular weight excluding hydrogens is 316 g/mol. The van der Waals surface area contributed by atoms with E-state index in [1.54, 1.807) is 0 Å². The number of hydrogen-bond donors (Lipinski definition) is 0. The lowest BCUT2D eigenvalue weighted by Gasteiger charge is -2.59. The second kappa shape index (κ2) is 4.51. The molecule has 4 aliphatic carbocycles. The van der Waals surface area contributed by atoms with Crippen molar-refractivity contribution < 1.29 is 19.0 Å². The van der Waals surface area contributed by atoms with Gasteiger partial charge in [0.25, 0.3) is 0 Å². The summed E-state index contributed by atoms with van der Waals surface area (Å²) in [5.74, 6) is 1.52. The lowest BCUT2D eigenvalue weighted by Crippen LogP contribution is -2.61. The van der Waals surface area contributed by atoms with E-state index in [4.69, 9.17) is 14.2 Å². The van der Waals surface area contributed by atoms with E-state index in [1.165, 1.54) is 12.8 Å². The lowest BCUT2D eigenvalue weighted by atomic mass is 9.44. The van der Waals surface area contributed by atoms with E-state index in [2.05, 4.69) is 13.8 Å². The smallest absolute Gasteiger partial charge is 0.169 e. The fraction of sp³-hybridized carbons (Fsp3) is 0.952. The zero-order valence-electron chi connectivity index (χ0n) is 15.5. The van der Waals surface area contributed by atoms with Crippen LogP contribution in [0.1, 0.15) is 65.2 Å². The molecule has 6 fully saturated rings. The van der Waals surface area contributed by atoms with Crippen LogP contribution in [0.5, 0.6) is 0 Å². The molecule has 25 heavy (non-hydrogen) atoms. The Kier molecular flexibility index (Phi) is 2.81. The molecule has 7 atom stereocenters. The minimum absolute atomic E-state index is 0.0458. The van der Waals surface area contributed by atoms with Crippen molar-refractivity contribution >= 4 is 5.78 Å². The summed E-state index contributed by atoms with van der Waals surface area (Å²) in [6.45, 7) is 6.27. The first kappa shape index (κ1) is 15.6. The van der Waals surface area contributed by atoms with Crippen LogP contribution in [0, 0.1) is 28.6 Å². The number of ether oxygens (including phenoxy) is 3. The second-order valence-electron chi connectivity index (χ2n) is 10.3. The standard InChI is InChI=1S/C21H30O4/c1-18-5-3-14-13(17(18)15(22)4-6-18)11-16-21(25-16)8-7-20(12-19(14,21)2)23-9-10-24-20/h13-14,16-17H,3-12H2,1-2H3/t13-,14+,16+,17-,18-,19-,21+/m1/s1. The van der Waals surface area contributed by atoms with Gasteiger partial charge in [0.2, 0.25) is 0 Å². The van der Waals surface area contributed by atoms with E-state index in [9.17, 15) is 4.79 Å². The maximum absolute atomic E-state index is 12.8. The summed E-state index contributed by atoms with van der Waals surface area (Å²) in [6.07, 6.45) is 8.82. The monoisotopic (exact) mass is 346 g/mol. The summed E-state index contributed by atoms with van der Waals surface area (Å²) in [6, 6.07) is 0. The van der Waals surface area contributed by atoms with Crippen molar-refractivity contribution in [3.8, 4) is 0 Å². The Labute approximate surface area is 150 Å². The first-order chi connectivity index (χ1) is 11.9. The number of carbonyl (C=O) groups is 1. The molecule has 6 aliphatic rings. The maximum Gasteiger partial charge on any atom is 0.169 e. The average Bonchev–Trinajstić information content (AvgIpc) is 2.95. The largest absolute Gasteiger partial charge is 0.365 e. The van der Waals surface area contributed by atoms with Crippen molar-refractivity contribution in [3.05, 3.63) is 0 Å². The fourth-order valence-corrected chi connectivity index (χ4v) is 8.24. The molecule has 0 aromatic carbocycles. The Bertz CT molecular complexity index is 640. The first-order valence-electron chi connectivity index (χ1n) is 10.4. The van der Waals surface area contributed by atoms with E-state index < -0.39 is 0 Å². The molecule has 0 aromatic rings. The van der Waals surface area contributed by atoms with Crippen LogP contribution < -0.4 is 0 Å². The topological polar surface area (TPSA) is 48.1 Å². The third-order valence-corrected chi connectivity index (χ3v) is 9.43. The summed E-state index contributed by atoms with van der Waals surface area (Å²) in [5.41, 5.74) is 0.383. The van der Waals surface area contributed by atoms with Crippen LogP contribution in [0.2, 0.25) is 0 Å². The maximum atomic E-state index is 12.8. The van der Waals surface area contributed by atoms with Gasteiger partial charge in [-0.25, -0.2) is 0 Å². The molecule has 4 heteroatoms. The van der Waals surface area contributed by atoms with E-state index >= 15 is 0 Å². The number of Topliss-reactive ketones (excluding diaryl/α,β-unsaturated/α-hetero) is 1. The van der Waals surface area contributed by atoms with Crippen molar-refractivity contribution in [2.75, 3.05) is 13.2 Å². The predicted molar refractivity (Wildman–Crippen MR) is 90.9 cm³/mol. The van der Waals surface area contributed by atoms with Crippen molar-refractivity contribution in [3.63, 3.8) is 0 Å². The molecule has 2 aliphatic heterocycles. The van der Waals surface area contributed by atoms with Gasteiger partial charge in [0.1, 0.15) is 11.4 Å². The van der Waals surface area contributed by atoms with E-state index in [0.29, 0.717) is 23.7 Å². The molecule has 0 radical (unpaired) electrons. The number of carbonyl (C=O) groups excluding carboxylic acids is 1. The molecule has 6 rings (SSSR count). The zero-order chi connectivity index (χ0) is 17.1. The Morgan fingerprint density at radius 3 is 2.64 bits per heavy atom. The number of rotatable bonds is 0. The molecule has 138 valence electrons. The molecular formula is C21H30O4. The third kappa shape index (κ3) is 1.73. The summed E-state index contributed by atoms with van der Waals surface area (Å²) >= 11 is 0. The summed E-state index contributed by atoms with van der Waals surface area (Å²) in [7, 11) is 0. The highest BCUT2D eigenvalue weighted by molar-refractivity contribution is 5.84. The van der Waals surface area contributed by atoms with Crippen molar-refractivity contribution in [1.29, 1.82) is 0 Å². The fourth-order valence-electron chi connectivity index (χ4n) is 8.24. The molecule has 0 bridgehead atoms. The number of epoxide rings is 1. The first-order valence-corrected chi connectivity index (χ1v) is 10.4. The Hall–Kier alpha value is -0.450. The quantitative estimate of drug-likeness (QED) is 0.630. The van der Waals surface area contributed by atoms with Gasteiger partial charge in [0.15, 0.2) is 5.79 Å². The Morgan fingerprint density at radius 2 is 1.84 bits per heavy atom. The number of ketones is 1. The molecule has 0 aromatic heterocycles. The molecule has 4 nitrogen and oxygen atoms in total. The predicted octanol–water partition coefficient (Wildman–Crippen LogP) is 3.47. The third-order valence-electron chi connectivity index (χ3n) is 9.43. The normalized spacial score (nSPS) is 58.4. The van der Waals surface area contributed by atoms with Gasteiger partial charge in [-0.15, -0.1) is 0 Å². The van der Waals surface area contributed by atoms with E-state index in [-0.39, 0.29) is 28.1 Å². The van der Waals surface area contributed by atoms with Crippen molar-refractivity contribution in [1.82, 2.24) is 0 Å². The second-order valence-corrected chi connectivity index (χ2v) is 10.3. The average molecular weight is 346 g/mol. The highest BCUT2D eigenvalue weighted by Crippen LogP contribution is 2.74. The molecule has 2 spiro atoms. The highest BCUT2D eigenvalue weighted by Gasteiger charge is 2.78. The van der Waals surface area contributed by atoms with Gasteiger partial charge >= 0.3 is 0 Å². The Balaban J connectivity index is 1.40. The van der Waals surface area contributed by atoms with Crippen LogP contribution >= 0.6 is 0 Å².